The number of carbonyl (C=O) groups is 3. The summed E-state index contributed by atoms with van der Waals surface area (Å²) >= 11 is 0. The minimum Gasteiger partial charge on any atom is -0.456 e. The highest BCUT2D eigenvalue weighted by Crippen LogP contribution is 2.12. The largest absolute Gasteiger partial charge is 0.456 e. The van der Waals surface area contributed by atoms with Gasteiger partial charge < -0.3 is 15.4 Å². The van der Waals surface area contributed by atoms with Crippen molar-refractivity contribution in [2.45, 2.75) is 12.8 Å². The topological polar surface area (TPSA) is 151 Å². The van der Waals surface area contributed by atoms with Gasteiger partial charge in [-0.15, -0.1) is 0 Å². The minimum atomic E-state index is -0.668. The second kappa shape index (κ2) is 10.9. The first-order valence-electron chi connectivity index (χ1n) is 8.83. The molecule has 10 heteroatoms. The van der Waals surface area contributed by atoms with Crippen molar-refractivity contribution in [3.05, 3.63) is 69.8 Å². The van der Waals surface area contributed by atoms with Crippen LogP contribution >= 0.6 is 0 Å². The van der Waals surface area contributed by atoms with Crippen LogP contribution in [0.25, 0.3) is 0 Å². The van der Waals surface area contributed by atoms with Gasteiger partial charge in [-0.25, -0.2) is 0 Å². The van der Waals surface area contributed by atoms with Crippen molar-refractivity contribution in [1.82, 2.24) is 5.32 Å². The number of ether oxygens (including phenoxy) is 1. The summed E-state index contributed by atoms with van der Waals surface area (Å²) in [5, 5.41) is 24.3. The molecule has 0 aromatic heterocycles. The Morgan fingerprint density at radius 2 is 1.73 bits per heavy atom. The molecule has 0 saturated heterocycles. The summed E-state index contributed by atoms with van der Waals surface area (Å²) in [6, 6.07) is 13.7. The molecule has 0 fully saturated rings. The maximum Gasteiger partial charge on any atom is 0.308 e. The predicted octanol–water partition coefficient (Wildman–Crippen LogP) is 1.96. The summed E-state index contributed by atoms with van der Waals surface area (Å²) in [5.74, 6) is -1.68. The van der Waals surface area contributed by atoms with Gasteiger partial charge in [-0.3, -0.25) is 24.5 Å². The third-order valence-corrected chi connectivity index (χ3v) is 3.84. The van der Waals surface area contributed by atoms with Gasteiger partial charge in [0.25, 0.3) is 17.5 Å². The second-order valence-corrected chi connectivity index (χ2v) is 6.05. The average Bonchev–Trinajstić information content (AvgIpc) is 2.74. The number of hydrogen-bond donors (Lipinski definition) is 2. The molecule has 2 aromatic rings. The highest BCUT2D eigenvalue weighted by Gasteiger charge is 2.11. The number of anilines is 1. The molecular weight excluding hydrogens is 392 g/mol. The van der Waals surface area contributed by atoms with E-state index in [1.165, 1.54) is 24.3 Å². The number of esters is 1. The molecule has 0 bridgehead atoms. The summed E-state index contributed by atoms with van der Waals surface area (Å²) in [6.45, 7) is -0.494. The van der Waals surface area contributed by atoms with Crippen LogP contribution in [0.1, 0.15) is 22.3 Å². The molecule has 0 aliphatic rings. The summed E-state index contributed by atoms with van der Waals surface area (Å²) < 4.78 is 4.85. The van der Waals surface area contributed by atoms with Gasteiger partial charge in [0.15, 0.2) is 6.61 Å². The van der Waals surface area contributed by atoms with E-state index in [-0.39, 0.29) is 30.6 Å². The van der Waals surface area contributed by atoms with Crippen LogP contribution in [0.4, 0.5) is 11.4 Å². The van der Waals surface area contributed by atoms with Gasteiger partial charge in [0, 0.05) is 29.9 Å². The molecule has 0 heterocycles. The quantitative estimate of drug-likeness (QED) is 0.364. The number of nitrogens with one attached hydrogen (secondary N) is 2. The van der Waals surface area contributed by atoms with E-state index >= 15 is 0 Å². The fourth-order valence-electron chi connectivity index (χ4n) is 2.33. The Morgan fingerprint density at radius 1 is 1.07 bits per heavy atom. The molecule has 10 nitrogen and oxygen atoms in total. The Morgan fingerprint density at radius 3 is 2.33 bits per heavy atom. The number of benzene rings is 2. The van der Waals surface area contributed by atoms with E-state index in [9.17, 15) is 24.5 Å². The molecule has 2 N–H and O–H groups in total. The van der Waals surface area contributed by atoms with E-state index in [1.807, 2.05) is 6.07 Å². The van der Waals surface area contributed by atoms with Crippen LogP contribution in [0.2, 0.25) is 0 Å². The SMILES string of the molecule is N#CCc1ccc(NC(=O)COC(=O)CCNC(=O)c2ccc([N+](=O)[O-])cc2)cc1. The molecule has 0 atom stereocenters. The lowest BCUT2D eigenvalue weighted by atomic mass is 10.1. The summed E-state index contributed by atoms with van der Waals surface area (Å²) in [5.41, 5.74) is 1.41. The maximum absolute atomic E-state index is 11.9. The van der Waals surface area contributed by atoms with E-state index < -0.39 is 29.3 Å². The smallest absolute Gasteiger partial charge is 0.308 e. The minimum absolute atomic E-state index is 0.0172. The van der Waals surface area contributed by atoms with E-state index in [1.54, 1.807) is 24.3 Å². The summed E-state index contributed by atoms with van der Waals surface area (Å²) in [7, 11) is 0. The Hall–Kier alpha value is -4.26. The molecule has 0 radical (unpaired) electrons. The van der Waals surface area contributed by atoms with Crippen molar-refractivity contribution in [1.29, 1.82) is 5.26 Å². The predicted molar refractivity (Wildman–Crippen MR) is 105 cm³/mol. The van der Waals surface area contributed by atoms with Crippen LogP contribution in [-0.4, -0.2) is 35.9 Å². The van der Waals surface area contributed by atoms with Crippen LogP contribution in [0.3, 0.4) is 0 Å². The fraction of sp³-hybridized carbons (Fsp3) is 0.200. The first-order valence-corrected chi connectivity index (χ1v) is 8.83. The molecule has 2 amide bonds. The molecule has 0 unspecified atom stereocenters. The normalized spacial score (nSPS) is 9.83. The van der Waals surface area contributed by atoms with Crippen molar-refractivity contribution >= 4 is 29.2 Å². The number of rotatable bonds is 9. The molecule has 2 aromatic carbocycles. The maximum atomic E-state index is 11.9. The second-order valence-electron chi connectivity index (χ2n) is 6.05. The van der Waals surface area contributed by atoms with Crippen molar-refractivity contribution in [2.24, 2.45) is 0 Å². The van der Waals surface area contributed by atoms with Crippen molar-refractivity contribution in [2.75, 3.05) is 18.5 Å². The average molecular weight is 410 g/mol. The van der Waals surface area contributed by atoms with Crippen LogP contribution in [0.5, 0.6) is 0 Å². The number of carbonyl (C=O) groups excluding carboxylic acids is 3. The lowest BCUT2D eigenvalue weighted by molar-refractivity contribution is -0.384. The Balaban J connectivity index is 1.67. The van der Waals surface area contributed by atoms with Crippen LogP contribution < -0.4 is 10.6 Å². The van der Waals surface area contributed by atoms with E-state index in [0.717, 1.165) is 5.56 Å². The number of nitrogens with zero attached hydrogens (tertiary/aromatic N) is 2. The Bertz CT molecular complexity index is 964. The highest BCUT2D eigenvalue weighted by molar-refractivity contribution is 5.95. The summed E-state index contributed by atoms with van der Waals surface area (Å²) in [4.78, 5) is 45.5. The number of amides is 2. The van der Waals surface area contributed by atoms with Crippen LogP contribution in [0.15, 0.2) is 48.5 Å². The molecule has 154 valence electrons. The van der Waals surface area contributed by atoms with Crippen molar-refractivity contribution < 1.29 is 24.0 Å². The molecule has 2 rings (SSSR count). The van der Waals surface area contributed by atoms with E-state index in [0.29, 0.717) is 5.69 Å². The fourth-order valence-corrected chi connectivity index (χ4v) is 2.33. The Labute approximate surface area is 171 Å². The van der Waals surface area contributed by atoms with E-state index in [2.05, 4.69) is 10.6 Å². The first-order chi connectivity index (χ1) is 14.4. The third kappa shape index (κ3) is 7.05. The monoisotopic (exact) mass is 410 g/mol. The lowest BCUT2D eigenvalue weighted by Gasteiger charge is -2.08. The molecule has 0 spiro atoms. The van der Waals surface area contributed by atoms with Crippen LogP contribution in [-0.2, 0) is 20.7 Å². The number of nitro benzene ring substituents is 1. The highest BCUT2D eigenvalue weighted by atomic mass is 16.6. The molecule has 30 heavy (non-hydrogen) atoms. The van der Waals surface area contributed by atoms with Gasteiger partial charge in [-0.1, -0.05) is 12.1 Å². The van der Waals surface area contributed by atoms with Crippen molar-refractivity contribution in [3.8, 4) is 6.07 Å². The molecule has 0 aliphatic heterocycles. The zero-order valence-electron chi connectivity index (χ0n) is 15.8. The van der Waals surface area contributed by atoms with Gasteiger partial charge >= 0.3 is 5.97 Å². The van der Waals surface area contributed by atoms with Gasteiger partial charge in [0.2, 0.25) is 0 Å². The van der Waals surface area contributed by atoms with Gasteiger partial charge in [-0.05, 0) is 29.8 Å². The zero-order chi connectivity index (χ0) is 21.9. The van der Waals surface area contributed by atoms with Gasteiger partial charge in [0.05, 0.1) is 23.8 Å². The third-order valence-electron chi connectivity index (χ3n) is 3.84. The Kier molecular flexibility index (Phi) is 8.02. The molecular formula is C20H18N4O6. The standard InChI is InChI=1S/C20H18N4O6/c21-11-9-14-1-5-16(6-2-14)23-18(25)13-30-19(26)10-12-22-20(27)15-3-7-17(8-4-15)24(28)29/h1-8H,9-10,12-13H2,(H,22,27)(H,23,25). The van der Waals surface area contributed by atoms with Gasteiger partial charge in [-0.2, -0.15) is 5.26 Å². The number of nitriles is 1. The first kappa shape index (κ1) is 22.0. The summed E-state index contributed by atoms with van der Waals surface area (Å²) in [6.07, 6.45) is 0.126. The number of nitro groups is 1. The lowest BCUT2D eigenvalue weighted by Crippen LogP contribution is -2.27. The number of hydrogen-bond acceptors (Lipinski definition) is 7. The molecule has 0 saturated carbocycles. The van der Waals surface area contributed by atoms with E-state index in [4.69, 9.17) is 10.00 Å². The zero-order valence-corrected chi connectivity index (χ0v) is 15.8. The molecule has 0 aliphatic carbocycles. The number of non-ortho nitro benzene ring substituents is 1. The van der Waals surface area contributed by atoms with Crippen molar-refractivity contribution in [3.63, 3.8) is 0 Å². The van der Waals surface area contributed by atoms with Gasteiger partial charge in [0.1, 0.15) is 0 Å². The van der Waals surface area contributed by atoms with Crippen LogP contribution in [0, 0.1) is 21.4 Å².